The van der Waals surface area contributed by atoms with E-state index in [0.717, 1.165) is 11.6 Å². The van der Waals surface area contributed by atoms with Crippen molar-refractivity contribution in [3.8, 4) is 0 Å². The maximum absolute atomic E-state index is 13.5. The lowest BCUT2D eigenvalue weighted by Crippen LogP contribution is -2.01. The van der Waals surface area contributed by atoms with Crippen LogP contribution >= 0.6 is 0 Å². The highest BCUT2D eigenvalue weighted by atomic mass is 19.1. The summed E-state index contributed by atoms with van der Waals surface area (Å²) in [4.78, 5) is 0. The topological polar surface area (TPSA) is 38.0 Å². The van der Waals surface area contributed by atoms with Gasteiger partial charge in [-0.2, -0.15) is 0 Å². The summed E-state index contributed by atoms with van der Waals surface area (Å²) in [6.07, 6.45) is 0. The zero-order chi connectivity index (χ0) is 13.3. The number of hydrogen-bond donors (Lipinski definition) is 2. The second-order valence-corrected chi connectivity index (χ2v) is 3.96. The summed E-state index contributed by atoms with van der Waals surface area (Å²) in [5, 5.41) is 2.58. The molecule has 0 saturated carbocycles. The maximum atomic E-state index is 13.5. The van der Waals surface area contributed by atoms with Crippen LogP contribution in [0.2, 0.25) is 0 Å². The number of aryl methyl sites for hydroxylation is 1. The predicted octanol–water partition coefficient (Wildman–Crippen LogP) is 3.74. The summed E-state index contributed by atoms with van der Waals surface area (Å²) in [6, 6.07) is 6.07. The van der Waals surface area contributed by atoms with Crippen molar-refractivity contribution < 1.29 is 13.2 Å². The highest BCUT2D eigenvalue weighted by molar-refractivity contribution is 5.73. The quantitative estimate of drug-likeness (QED) is 0.799. The van der Waals surface area contributed by atoms with Crippen molar-refractivity contribution in [3.05, 3.63) is 53.3 Å². The van der Waals surface area contributed by atoms with Gasteiger partial charge in [0.15, 0.2) is 5.82 Å². The lowest BCUT2D eigenvalue weighted by atomic mass is 10.2. The van der Waals surface area contributed by atoms with E-state index in [0.29, 0.717) is 6.07 Å². The first kappa shape index (κ1) is 12.3. The average Bonchev–Trinajstić information content (AvgIpc) is 2.30. The van der Waals surface area contributed by atoms with Crippen LogP contribution in [0.3, 0.4) is 0 Å². The monoisotopic (exact) mass is 252 g/mol. The highest BCUT2D eigenvalue weighted by Crippen LogP contribution is 2.28. The fourth-order valence-corrected chi connectivity index (χ4v) is 1.57. The molecule has 2 rings (SSSR count). The van der Waals surface area contributed by atoms with Gasteiger partial charge in [-0.05, 0) is 30.7 Å². The molecule has 2 aromatic rings. The lowest BCUT2D eigenvalue weighted by Gasteiger charge is -2.11. The van der Waals surface area contributed by atoms with E-state index in [1.807, 2.05) is 0 Å². The molecule has 0 unspecified atom stereocenters. The Kier molecular flexibility index (Phi) is 3.14. The summed E-state index contributed by atoms with van der Waals surface area (Å²) < 4.78 is 39.8. The molecule has 0 aliphatic carbocycles. The van der Waals surface area contributed by atoms with E-state index >= 15 is 0 Å². The van der Waals surface area contributed by atoms with Crippen LogP contribution in [0, 0.1) is 24.4 Å². The Morgan fingerprint density at radius 3 is 2.39 bits per heavy atom. The number of rotatable bonds is 2. The van der Waals surface area contributed by atoms with Crippen LogP contribution in [0.4, 0.5) is 30.2 Å². The summed E-state index contributed by atoms with van der Waals surface area (Å²) in [6.45, 7) is 1.78. The summed E-state index contributed by atoms with van der Waals surface area (Å²) in [5.74, 6) is -2.19. The molecule has 2 nitrogen and oxygen atoms in total. The number of benzene rings is 2. The fourth-order valence-electron chi connectivity index (χ4n) is 1.57. The van der Waals surface area contributed by atoms with Crippen LogP contribution in [0.25, 0.3) is 0 Å². The molecule has 0 aliphatic rings. The van der Waals surface area contributed by atoms with Crippen LogP contribution in [-0.2, 0) is 0 Å². The van der Waals surface area contributed by atoms with E-state index in [1.54, 1.807) is 13.0 Å². The van der Waals surface area contributed by atoms with Gasteiger partial charge in [0.05, 0.1) is 17.1 Å². The van der Waals surface area contributed by atoms with E-state index in [1.165, 1.54) is 12.1 Å². The van der Waals surface area contributed by atoms with Crippen LogP contribution in [0.5, 0.6) is 0 Å². The van der Waals surface area contributed by atoms with Crippen LogP contribution in [-0.4, -0.2) is 0 Å². The first-order valence-electron chi connectivity index (χ1n) is 5.25. The number of anilines is 3. The molecule has 0 aromatic heterocycles. The molecule has 18 heavy (non-hydrogen) atoms. The molecule has 0 saturated heterocycles. The molecule has 0 spiro atoms. The summed E-state index contributed by atoms with van der Waals surface area (Å²) >= 11 is 0. The number of halogens is 3. The standard InChI is InChI=1S/C13H11F3N2/c1-7-2-3-9(15)11(4-7)18-12-6-8(14)5-10(16)13(12)17/h2-6,18H,17H2,1H3. The van der Waals surface area contributed by atoms with E-state index in [4.69, 9.17) is 5.73 Å². The first-order chi connectivity index (χ1) is 8.47. The Hall–Kier alpha value is -2.17. The average molecular weight is 252 g/mol. The molecule has 0 amide bonds. The Bertz CT molecular complexity index is 597. The molecule has 0 aliphatic heterocycles. The molecule has 0 radical (unpaired) electrons. The highest BCUT2D eigenvalue weighted by Gasteiger charge is 2.10. The number of nitrogens with two attached hydrogens (primary N) is 1. The van der Waals surface area contributed by atoms with E-state index in [2.05, 4.69) is 5.32 Å². The minimum absolute atomic E-state index is 0.00278. The van der Waals surface area contributed by atoms with Crippen molar-refractivity contribution in [1.29, 1.82) is 0 Å². The van der Waals surface area contributed by atoms with Crippen molar-refractivity contribution in [3.63, 3.8) is 0 Å². The van der Waals surface area contributed by atoms with Crippen molar-refractivity contribution >= 4 is 17.1 Å². The molecule has 3 N–H and O–H groups in total. The van der Waals surface area contributed by atoms with Crippen LogP contribution < -0.4 is 11.1 Å². The fraction of sp³-hybridized carbons (Fsp3) is 0.0769. The molecular formula is C13H11F3N2. The minimum atomic E-state index is -0.884. The number of nitrogens with one attached hydrogen (secondary N) is 1. The van der Waals surface area contributed by atoms with Crippen molar-refractivity contribution in [2.24, 2.45) is 0 Å². The molecule has 0 heterocycles. The van der Waals surface area contributed by atoms with Gasteiger partial charge in [0.1, 0.15) is 11.6 Å². The zero-order valence-electron chi connectivity index (χ0n) is 9.60. The maximum Gasteiger partial charge on any atom is 0.151 e. The molecule has 0 bridgehead atoms. The van der Waals surface area contributed by atoms with Gasteiger partial charge in [-0.3, -0.25) is 0 Å². The Morgan fingerprint density at radius 2 is 1.67 bits per heavy atom. The Balaban J connectivity index is 2.43. The SMILES string of the molecule is Cc1ccc(F)c(Nc2cc(F)cc(F)c2N)c1. The molecule has 5 heteroatoms. The van der Waals surface area contributed by atoms with Gasteiger partial charge in [-0.25, -0.2) is 13.2 Å². The largest absolute Gasteiger partial charge is 0.395 e. The molecular weight excluding hydrogens is 241 g/mol. The van der Waals surface area contributed by atoms with Gasteiger partial charge in [-0.1, -0.05) is 6.07 Å². The second kappa shape index (κ2) is 4.60. The lowest BCUT2D eigenvalue weighted by molar-refractivity contribution is 0.587. The molecule has 94 valence electrons. The molecule has 0 atom stereocenters. The van der Waals surface area contributed by atoms with Crippen molar-refractivity contribution in [2.45, 2.75) is 6.92 Å². The van der Waals surface area contributed by atoms with Crippen LogP contribution in [0.15, 0.2) is 30.3 Å². The smallest absolute Gasteiger partial charge is 0.151 e. The van der Waals surface area contributed by atoms with Crippen LogP contribution in [0.1, 0.15) is 5.56 Å². The zero-order valence-corrected chi connectivity index (χ0v) is 9.60. The van der Waals surface area contributed by atoms with Crippen molar-refractivity contribution in [1.82, 2.24) is 0 Å². The van der Waals surface area contributed by atoms with Gasteiger partial charge in [0, 0.05) is 6.07 Å². The van der Waals surface area contributed by atoms with E-state index in [-0.39, 0.29) is 17.1 Å². The summed E-state index contributed by atoms with van der Waals surface area (Å²) in [7, 11) is 0. The Labute approximate surface area is 102 Å². The van der Waals surface area contributed by atoms with Gasteiger partial charge in [0.2, 0.25) is 0 Å². The first-order valence-corrected chi connectivity index (χ1v) is 5.25. The third-order valence-corrected chi connectivity index (χ3v) is 2.49. The van der Waals surface area contributed by atoms with E-state index < -0.39 is 17.5 Å². The molecule has 0 fully saturated rings. The minimum Gasteiger partial charge on any atom is -0.395 e. The number of hydrogen-bond acceptors (Lipinski definition) is 2. The predicted molar refractivity (Wildman–Crippen MR) is 65.2 cm³/mol. The van der Waals surface area contributed by atoms with Crippen molar-refractivity contribution in [2.75, 3.05) is 11.1 Å². The Morgan fingerprint density at radius 1 is 0.944 bits per heavy atom. The number of nitrogen functional groups attached to an aromatic ring is 1. The van der Waals surface area contributed by atoms with Gasteiger partial charge in [-0.15, -0.1) is 0 Å². The normalized spacial score (nSPS) is 10.4. The molecule has 2 aromatic carbocycles. The second-order valence-electron chi connectivity index (χ2n) is 3.96. The van der Waals surface area contributed by atoms with Gasteiger partial charge in [0.25, 0.3) is 0 Å². The van der Waals surface area contributed by atoms with Gasteiger partial charge >= 0.3 is 0 Å². The third-order valence-electron chi connectivity index (χ3n) is 2.49. The third kappa shape index (κ3) is 2.40. The van der Waals surface area contributed by atoms with Gasteiger partial charge < -0.3 is 11.1 Å². The van der Waals surface area contributed by atoms with E-state index in [9.17, 15) is 13.2 Å². The summed E-state index contributed by atoms with van der Waals surface area (Å²) in [5.41, 5.74) is 6.14.